The Labute approximate surface area is 189 Å². The van der Waals surface area contributed by atoms with E-state index >= 15 is 0 Å². The van der Waals surface area contributed by atoms with Crippen molar-refractivity contribution in [2.75, 3.05) is 12.8 Å². The molecule has 0 spiro atoms. The topological polar surface area (TPSA) is 63.9 Å². The van der Waals surface area contributed by atoms with E-state index in [0.717, 1.165) is 16.8 Å². The molecule has 0 saturated heterocycles. The van der Waals surface area contributed by atoms with Crippen LogP contribution in [0, 0.1) is 0 Å². The van der Waals surface area contributed by atoms with Gasteiger partial charge in [-0.2, -0.15) is 0 Å². The molecule has 2 aromatic carbocycles. The Bertz CT molecular complexity index is 1150. The third-order valence-electron chi connectivity index (χ3n) is 4.67. The summed E-state index contributed by atoms with van der Waals surface area (Å²) in [7, 11) is 1.81. The minimum atomic E-state index is 0.0185. The van der Waals surface area contributed by atoms with Gasteiger partial charge in [0.2, 0.25) is 5.91 Å². The van der Waals surface area contributed by atoms with Crippen LogP contribution >= 0.6 is 23.4 Å². The van der Waals surface area contributed by atoms with Crippen LogP contribution in [0.4, 0.5) is 0 Å². The maximum Gasteiger partial charge on any atom is 0.233 e. The van der Waals surface area contributed by atoms with Gasteiger partial charge in [-0.25, -0.2) is 0 Å². The van der Waals surface area contributed by atoms with E-state index in [-0.39, 0.29) is 11.7 Å². The van der Waals surface area contributed by atoms with Crippen LogP contribution in [0.2, 0.25) is 5.02 Å². The Hall–Kier alpha value is -3.16. The molecule has 2 heterocycles. The number of amides is 1. The number of rotatable bonds is 7. The molecule has 6 nitrogen and oxygen atoms in total. The van der Waals surface area contributed by atoms with Crippen LogP contribution < -0.4 is 0 Å². The second-order valence-corrected chi connectivity index (χ2v) is 8.26. The van der Waals surface area contributed by atoms with E-state index in [1.54, 1.807) is 17.3 Å². The lowest BCUT2D eigenvalue weighted by atomic mass is 10.2. The molecule has 0 unspecified atom stereocenters. The van der Waals surface area contributed by atoms with E-state index in [2.05, 4.69) is 15.2 Å². The Morgan fingerprint density at radius 3 is 2.42 bits per heavy atom. The van der Waals surface area contributed by atoms with E-state index in [1.807, 2.05) is 78.3 Å². The molecule has 4 rings (SSSR count). The highest BCUT2D eigenvalue weighted by Gasteiger charge is 2.18. The second-order valence-electron chi connectivity index (χ2n) is 6.88. The van der Waals surface area contributed by atoms with Crippen molar-refractivity contribution >= 4 is 29.3 Å². The van der Waals surface area contributed by atoms with Crippen molar-refractivity contribution in [3.8, 4) is 17.1 Å². The average Bonchev–Trinajstić information content (AvgIpc) is 3.23. The Morgan fingerprint density at radius 2 is 1.71 bits per heavy atom. The molecule has 156 valence electrons. The number of thioether (sulfide) groups is 1. The zero-order valence-electron chi connectivity index (χ0n) is 16.9. The molecule has 0 saturated carbocycles. The molecule has 0 fully saturated rings. The van der Waals surface area contributed by atoms with Gasteiger partial charge in [0.15, 0.2) is 11.0 Å². The summed E-state index contributed by atoms with van der Waals surface area (Å²) in [5.41, 5.74) is 2.85. The van der Waals surface area contributed by atoms with Crippen molar-refractivity contribution in [2.24, 2.45) is 0 Å². The zero-order valence-corrected chi connectivity index (χ0v) is 18.4. The molecule has 0 radical (unpaired) electrons. The van der Waals surface area contributed by atoms with E-state index in [4.69, 9.17) is 11.6 Å². The molecule has 0 aliphatic rings. The van der Waals surface area contributed by atoms with Gasteiger partial charge in [-0.1, -0.05) is 53.7 Å². The number of hydrogen-bond acceptors (Lipinski definition) is 5. The quantitative estimate of drug-likeness (QED) is 0.381. The predicted molar refractivity (Wildman–Crippen MR) is 123 cm³/mol. The second kappa shape index (κ2) is 9.76. The third kappa shape index (κ3) is 5.13. The number of benzene rings is 2. The first-order valence-corrected chi connectivity index (χ1v) is 11.0. The van der Waals surface area contributed by atoms with Gasteiger partial charge in [0.1, 0.15) is 0 Å². The van der Waals surface area contributed by atoms with Crippen molar-refractivity contribution in [3.63, 3.8) is 0 Å². The average molecular weight is 450 g/mol. The highest BCUT2D eigenvalue weighted by molar-refractivity contribution is 7.99. The van der Waals surface area contributed by atoms with Crippen LogP contribution in [0.25, 0.3) is 17.1 Å². The lowest BCUT2D eigenvalue weighted by Gasteiger charge is -2.17. The molecular weight excluding hydrogens is 430 g/mol. The lowest BCUT2D eigenvalue weighted by Crippen LogP contribution is -2.27. The zero-order chi connectivity index (χ0) is 21.6. The van der Waals surface area contributed by atoms with Crippen molar-refractivity contribution in [1.29, 1.82) is 0 Å². The molecule has 0 aliphatic heterocycles. The minimum Gasteiger partial charge on any atom is -0.341 e. The van der Waals surface area contributed by atoms with Crippen molar-refractivity contribution in [1.82, 2.24) is 24.6 Å². The summed E-state index contributed by atoms with van der Waals surface area (Å²) in [4.78, 5) is 18.5. The van der Waals surface area contributed by atoms with Gasteiger partial charge >= 0.3 is 0 Å². The maximum atomic E-state index is 12.7. The molecule has 0 N–H and O–H groups in total. The fraction of sp³-hybridized carbons (Fsp3) is 0.130. The molecule has 2 aromatic heterocycles. The smallest absolute Gasteiger partial charge is 0.233 e. The van der Waals surface area contributed by atoms with Gasteiger partial charge in [0.25, 0.3) is 0 Å². The van der Waals surface area contributed by atoms with E-state index < -0.39 is 0 Å². The van der Waals surface area contributed by atoms with Crippen molar-refractivity contribution in [3.05, 3.63) is 89.7 Å². The van der Waals surface area contributed by atoms with E-state index in [9.17, 15) is 4.79 Å². The normalized spacial score (nSPS) is 10.8. The summed E-state index contributed by atoms with van der Waals surface area (Å²) in [6.07, 6.45) is 3.43. The molecule has 8 heteroatoms. The van der Waals surface area contributed by atoms with E-state index in [1.165, 1.54) is 11.8 Å². The molecule has 4 aromatic rings. The van der Waals surface area contributed by atoms with Crippen LogP contribution in [-0.4, -0.2) is 43.4 Å². The Balaban J connectivity index is 1.56. The van der Waals surface area contributed by atoms with Crippen LogP contribution in [0.5, 0.6) is 0 Å². The summed E-state index contributed by atoms with van der Waals surface area (Å²) in [5, 5.41) is 10.0. The van der Waals surface area contributed by atoms with Crippen LogP contribution in [0.15, 0.2) is 84.3 Å². The standard InChI is InChI=1S/C23H20ClN5OS/c1-28(15-17-5-3-2-4-6-17)21(30)16-31-23-27-26-22(18-11-13-25-14-12-18)29(23)20-9-7-19(24)8-10-20/h2-14H,15-16H2,1H3. The first-order chi connectivity index (χ1) is 15.1. The summed E-state index contributed by atoms with van der Waals surface area (Å²) >= 11 is 7.43. The van der Waals surface area contributed by atoms with Crippen LogP contribution in [0.3, 0.4) is 0 Å². The predicted octanol–water partition coefficient (Wildman–Crippen LogP) is 4.73. The highest BCUT2D eigenvalue weighted by Crippen LogP contribution is 2.28. The van der Waals surface area contributed by atoms with Gasteiger partial charge < -0.3 is 4.90 Å². The summed E-state index contributed by atoms with van der Waals surface area (Å²) < 4.78 is 1.93. The third-order valence-corrected chi connectivity index (χ3v) is 5.84. The largest absolute Gasteiger partial charge is 0.341 e. The minimum absolute atomic E-state index is 0.0185. The first-order valence-electron chi connectivity index (χ1n) is 9.64. The first kappa shape index (κ1) is 21.1. The fourth-order valence-corrected chi connectivity index (χ4v) is 4.07. The van der Waals surface area contributed by atoms with Gasteiger partial charge in [-0.15, -0.1) is 10.2 Å². The van der Waals surface area contributed by atoms with Gasteiger partial charge in [0.05, 0.1) is 5.75 Å². The van der Waals surface area contributed by atoms with Crippen molar-refractivity contribution < 1.29 is 4.79 Å². The van der Waals surface area contributed by atoms with Gasteiger partial charge in [-0.3, -0.25) is 14.3 Å². The molecule has 0 bridgehead atoms. The van der Waals surface area contributed by atoms with Gasteiger partial charge in [-0.05, 0) is 42.0 Å². The number of carbonyl (C=O) groups excluding carboxylic acids is 1. The molecule has 31 heavy (non-hydrogen) atoms. The lowest BCUT2D eigenvalue weighted by molar-refractivity contribution is -0.127. The fourth-order valence-electron chi connectivity index (χ4n) is 3.06. The van der Waals surface area contributed by atoms with Gasteiger partial charge in [0, 0.05) is 42.3 Å². The molecular formula is C23H20ClN5OS. The number of hydrogen-bond donors (Lipinski definition) is 0. The summed E-state index contributed by atoms with van der Waals surface area (Å²) in [5.74, 6) is 0.952. The number of aromatic nitrogens is 4. The molecule has 0 aliphatic carbocycles. The SMILES string of the molecule is CN(Cc1ccccc1)C(=O)CSc1nnc(-c2ccncc2)n1-c1ccc(Cl)cc1. The maximum absolute atomic E-state index is 12.7. The van der Waals surface area contributed by atoms with Crippen LogP contribution in [0.1, 0.15) is 5.56 Å². The Kier molecular flexibility index (Phi) is 6.64. The number of pyridine rings is 1. The number of halogens is 1. The molecule has 0 atom stereocenters. The number of carbonyl (C=O) groups is 1. The van der Waals surface area contributed by atoms with Crippen molar-refractivity contribution in [2.45, 2.75) is 11.7 Å². The molecule has 1 amide bonds. The van der Waals surface area contributed by atoms with E-state index in [0.29, 0.717) is 22.5 Å². The Morgan fingerprint density at radius 1 is 1.00 bits per heavy atom. The van der Waals surface area contributed by atoms with Crippen LogP contribution in [-0.2, 0) is 11.3 Å². The number of nitrogens with zero attached hydrogens (tertiary/aromatic N) is 5. The highest BCUT2D eigenvalue weighted by atomic mass is 35.5. The summed E-state index contributed by atoms with van der Waals surface area (Å²) in [6.45, 7) is 0.562. The monoisotopic (exact) mass is 449 g/mol. The summed E-state index contributed by atoms with van der Waals surface area (Å²) in [6, 6.07) is 21.1.